The Morgan fingerprint density at radius 3 is 1.76 bits per heavy atom. The number of hydrogen-bond donors (Lipinski definition) is 0. The van der Waals surface area contributed by atoms with Gasteiger partial charge < -0.3 is 4.52 Å². The van der Waals surface area contributed by atoms with E-state index < -0.39 is 5.54 Å². The number of halogens is 1. The summed E-state index contributed by atoms with van der Waals surface area (Å²) in [5, 5.41) is 10.3. The summed E-state index contributed by atoms with van der Waals surface area (Å²) in [6.07, 6.45) is 2.13. The average Bonchev–Trinajstić information content (AvgIpc) is 3.63. The third-order valence-electron chi connectivity index (χ3n) is 7.71. The highest BCUT2D eigenvalue weighted by Crippen LogP contribution is 2.42. The van der Waals surface area contributed by atoms with Crippen molar-refractivity contribution in [3.05, 3.63) is 168 Å². The maximum Gasteiger partial charge on any atom is 0.174 e. The van der Waals surface area contributed by atoms with Crippen LogP contribution in [0.1, 0.15) is 22.4 Å². The molecule has 0 unspecified atom stereocenters. The van der Waals surface area contributed by atoms with Gasteiger partial charge >= 0.3 is 0 Å². The van der Waals surface area contributed by atoms with Crippen molar-refractivity contribution in [1.29, 1.82) is 0 Å². The number of nitrogens with zero attached hydrogens (tertiary/aromatic N) is 3. The molecule has 0 aliphatic rings. The molecule has 0 radical (unpaired) electrons. The highest BCUT2D eigenvalue weighted by atomic mass is 19.1. The van der Waals surface area contributed by atoms with Gasteiger partial charge in [-0.2, -0.15) is 5.10 Å². The lowest BCUT2D eigenvalue weighted by atomic mass is 9.77. The fraction of sp³-hybridized carbons (Fsp3) is 0.0556. The van der Waals surface area contributed by atoms with Gasteiger partial charge in [-0.25, -0.2) is 4.39 Å². The topological polar surface area (TPSA) is 43.9 Å². The third kappa shape index (κ3) is 4.14. The van der Waals surface area contributed by atoms with Gasteiger partial charge in [0.15, 0.2) is 5.76 Å². The van der Waals surface area contributed by atoms with Crippen LogP contribution in [0.15, 0.2) is 144 Å². The van der Waals surface area contributed by atoms with E-state index in [9.17, 15) is 4.39 Å². The zero-order chi connectivity index (χ0) is 27.8. The number of aromatic nitrogens is 3. The van der Waals surface area contributed by atoms with E-state index in [1.807, 2.05) is 37.3 Å². The van der Waals surface area contributed by atoms with Crippen LogP contribution < -0.4 is 0 Å². The highest BCUT2D eigenvalue weighted by Gasteiger charge is 2.39. The van der Waals surface area contributed by atoms with Gasteiger partial charge in [-0.05, 0) is 65.6 Å². The van der Waals surface area contributed by atoms with Gasteiger partial charge in [0.05, 0.1) is 11.1 Å². The first-order chi connectivity index (χ1) is 20.1. The molecule has 0 fully saturated rings. The van der Waals surface area contributed by atoms with Crippen molar-refractivity contribution in [3.63, 3.8) is 0 Å². The van der Waals surface area contributed by atoms with Crippen LogP contribution in [0.3, 0.4) is 0 Å². The minimum Gasteiger partial charge on any atom is -0.355 e. The molecule has 0 saturated heterocycles. The summed E-state index contributed by atoms with van der Waals surface area (Å²) in [6.45, 7) is 2.04. The van der Waals surface area contributed by atoms with Gasteiger partial charge in [0, 0.05) is 17.3 Å². The molecule has 0 bridgehead atoms. The fourth-order valence-electron chi connectivity index (χ4n) is 5.77. The molecule has 2 heterocycles. The number of fused-ring (bicyclic) bond motifs is 1. The Morgan fingerprint density at radius 1 is 0.659 bits per heavy atom. The van der Waals surface area contributed by atoms with Gasteiger partial charge in [-0.15, -0.1) is 0 Å². The second-order valence-electron chi connectivity index (χ2n) is 10.1. The lowest BCUT2D eigenvalue weighted by molar-refractivity contribution is 0.441. The molecule has 5 aromatic carbocycles. The molecule has 7 aromatic rings. The van der Waals surface area contributed by atoms with Crippen molar-refractivity contribution >= 4 is 10.9 Å². The molecule has 7 rings (SSSR count). The molecule has 0 amide bonds. The average molecular weight is 536 g/mol. The van der Waals surface area contributed by atoms with E-state index >= 15 is 0 Å². The molecule has 0 aliphatic carbocycles. The highest BCUT2D eigenvalue weighted by molar-refractivity contribution is 5.94. The van der Waals surface area contributed by atoms with Crippen LogP contribution >= 0.6 is 0 Å². The standard InChI is InChI=1S/C36H26FN3O/c1-25-33(27-19-22-34-32(23-27)35(41-39-34)26-17-20-31(37)21-18-26)24-40(38-25)36(28-11-5-2-6-12-28,29-13-7-3-8-14-29)30-15-9-4-10-16-30/h2-24H,1H3. The minimum atomic E-state index is -0.701. The zero-order valence-corrected chi connectivity index (χ0v) is 22.4. The smallest absolute Gasteiger partial charge is 0.174 e. The summed E-state index contributed by atoms with van der Waals surface area (Å²) < 4.78 is 21.4. The van der Waals surface area contributed by atoms with Crippen LogP contribution in [0.4, 0.5) is 4.39 Å². The second kappa shape index (κ2) is 10.0. The molecule has 2 aromatic heterocycles. The first kappa shape index (κ1) is 24.7. The van der Waals surface area contributed by atoms with Crippen LogP contribution in [0.2, 0.25) is 0 Å². The quantitative estimate of drug-likeness (QED) is 0.200. The molecule has 5 heteroatoms. The van der Waals surface area contributed by atoms with Gasteiger partial charge in [0.1, 0.15) is 16.9 Å². The predicted molar refractivity (Wildman–Crippen MR) is 160 cm³/mol. The summed E-state index contributed by atoms with van der Waals surface area (Å²) in [6, 6.07) is 43.9. The molecule has 4 nitrogen and oxygen atoms in total. The molecular formula is C36H26FN3O. The maximum absolute atomic E-state index is 13.6. The Hall–Kier alpha value is -5.29. The fourth-order valence-corrected chi connectivity index (χ4v) is 5.77. The van der Waals surface area contributed by atoms with E-state index in [0.29, 0.717) is 5.76 Å². The van der Waals surface area contributed by atoms with Crippen LogP contribution in [-0.2, 0) is 5.54 Å². The van der Waals surface area contributed by atoms with Crippen LogP contribution in [-0.4, -0.2) is 14.9 Å². The third-order valence-corrected chi connectivity index (χ3v) is 7.71. The lowest BCUT2D eigenvalue weighted by Gasteiger charge is -2.36. The Morgan fingerprint density at radius 2 is 1.20 bits per heavy atom. The summed E-state index contributed by atoms with van der Waals surface area (Å²) in [7, 11) is 0. The first-order valence-corrected chi connectivity index (χ1v) is 13.5. The first-order valence-electron chi connectivity index (χ1n) is 13.5. The van der Waals surface area contributed by atoms with Crippen molar-refractivity contribution < 1.29 is 8.91 Å². The molecule has 41 heavy (non-hydrogen) atoms. The van der Waals surface area contributed by atoms with Crippen molar-refractivity contribution in [2.75, 3.05) is 0 Å². The Kier molecular flexibility index (Phi) is 6.05. The summed E-state index contributed by atoms with van der Waals surface area (Å²) >= 11 is 0. The minimum absolute atomic E-state index is 0.292. The van der Waals surface area contributed by atoms with Crippen LogP contribution in [0.5, 0.6) is 0 Å². The molecule has 0 atom stereocenters. The molecule has 0 aliphatic heterocycles. The van der Waals surface area contributed by atoms with E-state index in [1.165, 1.54) is 12.1 Å². The van der Waals surface area contributed by atoms with Crippen LogP contribution in [0, 0.1) is 12.7 Å². The van der Waals surface area contributed by atoms with Crippen LogP contribution in [0.25, 0.3) is 33.4 Å². The maximum atomic E-state index is 13.6. The largest absolute Gasteiger partial charge is 0.355 e. The monoisotopic (exact) mass is 535 g/mol. The molecule has 0 N–H and O–H groups in total. The Bertz CT molecular complexity index is 1850. The van der Waals surface area contributed by atoms with E-state index in [4.69, 9.17) is 9.62 Å². The van der Waals surface area contributed by atoms with Crippen molar-refractivity contribution in [3.8, 4) is 22.5 Å². The van der Waals surface area contributed by atoms with Crippen molar-refractivity contribution in [2.45, 2.75) is 12.5 Å². The predicted octanol–water partition coefficient (Wildman–Crippen LogP) is 8.65. The van der Waals surface area contributed by atoms with E-state index in [0.717, 1.165) is 50.0 Å². The lowest BCUT2D eigenvalue weighted by Crippen LogP contribution is -2.38. The number of aryl methyl sites for hydroxylation is 1. The van der Waals surface area contributed by atoms with Gasteiger partial charge in [-0.3, -0.25) is 4.68 Å². The van der Waals surface area contributed by atoms with Crippen molar-refractivity contribution in [1.82, 2.24) is 14.9 Å². The summed E-state index contributed by atoms with van der Waals surface area (Å²) in [4.78, 5) is 0. The number of rotatable bonds is 6. The van der Waals surface area contributed by atoms with Gasteiger partial charge in [0.2, 0.25) is 0 Å². The van der Waals surface area contributed by atoms with E-state index in [-0.39, 0.29) is 5.82 Å². The normalized spacial score (nSPS) is 11.7. The summed E-state index contributed by atoms with van der Waals surface area (Å²) in [5.41, 5.74) is 7.05. The molecule has 0 spiro atoms. The second-order valence-corrected chi connectivity index (χ2v) is 10.1. The number of hydrogen-bond acceptors (Lipinski definition) is 3. The Labute approximate surface area is 237 Å². The van der Waals surface area contributed by atoms with E-state index in [1.54, 1.807) is 12.1 Å². The summed E-state index contributed by atoms with van der Waals surface area (Å²) in [5.74, 6) is 0.319. The van der Waals surface area contributed by atoms with Gasteiger partial charge in [0.25, 0.3) is 0 Å². The molecule has 198 valence electrons. The van der Waals surface area contributed by atoms with Gasteiger partial charge in [-0.1, -0.05) is 102 Å². The van der Waals surface area contributed by atoms with Crippen molar-refractivity contribution in [2.24, 2.45) is 0 Å². The molecular weight excluding hydrogens is 509 g/mol. The molecule has 0 saturated carbocycles. The zero-order valence-electron chi connectivity index (χ0n) is 22.4. The number of benzene rings is 5. The SMILES string of the molecule is Cc1nn(C(c2ccccc2)(c2ccccc2)c2ccccc2)cc1-c1ccc2noc(-c3ccc(F)cc3)c2c1. The van der Waals surface area contributed by atoms with E-state index in [2.05, 4.69) is 94.9 Å². The Balaban J connectivity index is 1.45.